The van der Waals surface area contributed by atoms with Crippen LogP contribution in [-0.4, -0.2) is 16.7 Å². The van der Waals surface area contributed by atoms with Crippen LogP contribution < -0.4 is 4.74 Å². The summed E-state index contributed by atoms with van der Waals surface area (Å²) >= 11 is 0. The van der Waals surface area contributed by atoms with Crippen molar-refractivity contribution in [2.24, 2.45) is 10.2 Å². The third-order valence-corrected chi connectivity index (χ3v) is 3.22. The van der Waals surface area contributed by atoms with Gasteiger partial charge in [0.1, 0.15) is 11.4 Å². The molecule has 0 bridgehead atoms. The van der Waals surface area contributed by atoms with Crippen molar-refractivity contribution in [3.63, 3.8) is 0 Å². The minimum Gasteiger partial charge on any atom is -0.494 e. The Kier molecular flexibility index (Phi) is 4.25. The highest BCUT2D eigenvalue weighted by molar-refractivity contribution is 5.50. The lowest BCUT2D eigenvalue weighted by molar-refractivity contribution is 0.416. The van der Waals surface area contributed by atoms with E-state index in [1.807, 2.05) is 53.2 Å². The first-order chi connectivity index (χ1) is 10.9. The summed E-state index contributed by atoms with van der Waals surface area (Å²) in [6, 6.07) is 17.7. The van der Waals surface area contributed by atoms with E-state index in [-0.39, 0.29) is 0 Å². The van der Waals surface area contributed by atoms with Gasteiger partial charge in [-0.25, -0.2) is 4.98 Å². The van der Waals surface area contributed by atoms with Gasteiger partial charge in [-0.2, -0.15) is 0 Å². The van der Waals surface area contributed by atoms with Crippen molar-refractivity contribution in [1.29, 1.82) is 0 Å². The third-order valence-electron chi connectivity index (χ3n) is 3.22. The van der Waals surface area contributed by atoms with E-state index >= 15 is 0 Å². The smallest absolute Gasteiger partial charge is 0.249 e. The highest BCUT2D eigenvalue weighted by Gasteiger charge is 2.04. The second-order valence-electron chi connectivity index (χ2n) is 4.71. The van der Waals surface area contributed by atoms with Crippen molar-refractivity contribution in [2.45, 2.75) is 6.54 Å². The largest absolute Gasteiger partial charge is 0.494 e. The molecule has 5 nitrogen and oxygen atoms in total. The first-order valence-electron chi connectivity index (χ1n) is 6.96. The number of methoxy groups -OCH3 is 1. The molecule has 22 heavy (non-hydrogen) atoms. The molecule has 1 heterocycles. The van der Waals surface area contributed by atoms with E-state index in [4.69, 9.17) is 4.74 Å². The standard InChI is InChI=1S/C17H16N4O/c1-22-16-10-6-5-9-15(16)19-20-17-18-11-12-21(17)13-14-7-3-2-4-8-14/h2-12H,13H2,1H3. The third kappa shape index (κ3) is 3.20. The van der Waals surface area contributed by atoms with Crippen molar-refractivity contribution in [1.82, 2.24) is 9.55 Å². The minimum atomic E-state index is 0.565. The van der Waals surface area contributed by atoms with Crippen molar-refractivity contribution in [3.8, 4) is 5.75 Å². The van der Waals surface area contributed by atoms with Crippen LogP contribution in [-0.2, 0) is 6.54 Å². The maximum atomic E-state index is 5.26. The number of imidazole rings is 1. The predicted octanol–water partition coefficient (Wildman–Crippen LogP) is 4.36. The predicted molar refractivity (Wildman–Crippen MR) is 84.9 cm³/mol. The van der Waals surface area contributed by atoms with E-state index in [9.17, 15) is 0 Å². The Bertz CT molecular complexity index is 765. The lowest BCUT2D eigenvalue weighted by Crippen LogP contribution is -1.97. The maximum Gasteiger partial charge on any atom is 0.249 e. The first kappa shape index (κ1) is 14.0. The summed E-state index contributed by atoms with van der Waals surface area (Å²) in [6.45, 7) is 0.709. The number of nitrogens with zero attached hydrogens (tertiary/aromatic N) is 4. The van der Waals surface area contributed by atoms with Crippen LogP contribution in [0.25, 0.3) is 0 Å². The molecule has 0 aliphatic rings. The molecule has 0 saturated carbocycles. The summed E-state index contributed by atoms with van der Waals surface area (Å²) in [7, 11) is 1.62. The van der Waals surface area contributed by atoms with E-state index in [1.165, 1.54) is 5.56 Å². The van der Waals surface area contributed by atoms with Crippen molar-refractivity contribution in [3.05, 3.63) is 72.6 Å². The van der Waals surface area contributed by atoms with Gasteiger partial charge in [0, 0.05) is 12.4 Å². The molecule has 0 amide bonds. The topological polar surface area (TPSA) is 51.8 Å². The number of para-hydroxylation sites is 1. The number of benzene rings is 2. The van der Waals surface area contributed by atoms with E-state index in [1.54, 1.807) is 13.3 Å². The molecule has 0 N–H and O–H groups in total. The first-order valence-corrected chi connectivity index (χ1v) is 6.96. The zero-order chi connectivity index (χ0) is 15.2. The summed E-state index contributed by atoms with van der Waals surface area (Å²) in [6.07, 6.45) is 3.61. The Morgan fingerprint density at radius 2 is 1.77 bits per heavy atom. The quantitative estimate of drug-likeness (QED) is 0.656. The van der Waals surface area contributed by atoms with Gasteiger partial charge < -0.3 is 9.30 Å². The van der Waals surface area contributed by atoms with Crippen molar-refractivity contribution < 1.29 is 4.74 Å². The van der Waals surface area contributed by atoms with Gasteiger partial charge in [0.2, 0.25) is 5.95 Å². The fourth-order valence-electron chi connectivity index (χ4n) is 2.12. The van der Waals surface area contributed by atoms with Crippen LogP contribution in [0.2, 0.25) is 0 Å². The molecular weight excluding hydrogens is 276 g/mol. The lowest BCUT2D eigenvalue weighted by atomic mass is 10.2. The van der Waals surface area contributed by atoms with Crippen LogP contribution in [0, 0.1) is 0 Å². The summed E-state index contributed by atoms with van der Waals surface area (Å²) in [4.78, 5) is 4.24. The molecule has 2 aromatic carbocycles. The second-order valence-corrected chi connectivity index (χ2v) is 4.71. The van der Waals surface area contributed by atoms with E-state index in [2.05, 4.69) is 27.3 Å². The number of ether oxygens (including phenoxy) is 1. The molecule has 0 aliphatic heterocycles. The van der Waals surface area contributed by atoms with E-state index < -0.39 is 0 Å². The average Bonchev–Trinajstić information content (AvgIpc) is 3.01. The molecule has 110 valence electrons. The number of hydrogen-bond donors (Lipinski definition) is 0. The number of azo groups is 1. The zero-order valence-corrected chi connectivity index (χ0v) is 12.3. The Morgan fingerprint density at radius 1 is 1.00 bits per heavy atom. The molecule has 0 fully saturated rings. The van der Waals surface area contributed by atoms with Gasteiger partial charge >= 0.3 is 0 Å². The molecule has 0 atom stereocenters. The van der Waals surface area contributed by atoms with Crippen molar-refractivity contribution >= 4 is 11.6 Å². The Hall–Kier alpha value is -2.95. The SMILES string of the molecule is COc1ccccc1N=Nc1nccn1Cc1ccccc1. The number of rotatable bonds is 5. The van der Waals surface area contributed by atoms with Crippen LogP contribution in [0.15, 0.2) is 77.2 Å². The molecular formula is C17H16N4O. The van der Waals surface area contributed by atoms with Gasteiger partial charge in [-0.05, 0) is 17.7 Å². The monoisotopic (exact) mass is 292 g/mol. The molecule has 0 spiro atoms. The summed E-state index contributed by atoms with van der Waals surface area (Å²) in [5.41, 5.74) is 1.87. The van der Waals surface area contributed by atoms with Crippen LogP contribution in [0.4, 0.5) is 11.6 Å². The van der Waals surface area contributed by atoms with Crippen LogP contribution in [0.3, 0.4) is 0 Å². The van der Waals surface area contributed by atoms with Crippen LogP contribution >= 0.6 is 0 Å². The summed E-state index contributed by atoms with van der Waals surface area (Å²) in [5, 5.41) is 8.48. The van der Waals surface area contributed by atoms with E-state index in [0.717, 1.165) is 0 Å². The fourth-order valence-corrected chi connectivity index (χ4v) is 2.12. The van der Waals surface area contributed by atoms with Crippen molar-refractivity contribution in [2.75, 3.05) is 7.11 Å². The molecule has 3 aromatic rings. The summed E-state index contributed by atoms with van der Waals surface area (Å²) in [5.74, 6) is 1.25. The van der Waals surface area contributed by atoms with E-state index in [0.29, 0.717) is 23.9 Å². The Labute approximate surface area is 128 Å². The molecule has 3 rings (SSSR count). The lowest BCUT2D eigenvalue weighted by Gasteiger charge is -2.04. The van der Waals surface area contributed by atoms with Gasteiger partial charge in [0.25, 0.3) is 0 Å². The minimum absolute atomic E-state index is 0.565. The number of aromatic nitrogens is 2. The van der Waals surface area contributed by atoms with Crippen LogP contribution in [0.5, 0.6) is 5.75 Å². The molecule has 1 aromatic heterocycles. The molecule has 0 saturated heterocycles. The summed E-state index contributed by atoms with van der Waals surface area (Å²) < 4.78 is 7.21. The molecule has 0 unspecified atom stereocenters. The maximum absolute atomic E-state index is 5.26. The second kappa shape index (κ2) is 6.67. The number of hydrogen-bond acceptors (Lipinski definition) is 4. The van der Waals surface area contributed by atoms with Gasteiger partial charge in [0.15, 0.2) is 0 Å². The van der Waals surface area contributed by atoms with Crippen LogP contribution in [0.1, 0.15) is 5.56 Å². The highest BCUT2D eigenvalue weighted by Crippen LogP contribution is 2.27. The molecule has 0 aliphatic carbocycles. The normalized spacial score (nSPS) is 11.0. The fraction of sp³-hybridized carbons (Fsp3) is 0.118. The highest BCUT2D eigenvalue weighted by atomic mass is 16.5. The van der Waals surface area contributed by atoms with Gasteiger partial charge in [-0.1, -0.05) is 42.5 Å². The molecule has 0 radical (unpaired) electrons. The zero-order valence-electron chi connectivity index (χ0n) is 12.3. The molecule has 5 heteroatoms. The Balaban J connectivity index is 1.82. The average molecular weight is 292 g/mol. The van der Waals surface area contributed by atoms with Gasteiger partial charge in [-0.15, -0.1) is 10.2 Å². The van der Waals surface area contributed by atoms with Gasteiger partial charge in [0.05, 0.1) is 13.7 Å². The van der Waals surface area contributed by atoms with Gasteiger partial charge in [-0.3, -0.25) is 0 Å². The Morgan fingerprint density at radius 3 is 2.59 bits per heavy atom.